The van der Waals surface area contributed by atoms with Gasteiger partial charge in [-0.3, -0.25) is 0 Å². The van der Waals surface area contributed by atoms with Gasteiger partial charge in [0.1, 0.15) is 5.76 Å². The van der Waals surface area contributed by atoms with E-state index in [0.29, 0.717) is 0 Å². The summed E-state index contributed by atoms with van der Waals surface area (Å²) in [5.41, 5.74) is 5.82. The van der Waals surface area contributed by atoms with Gasteiger partial charge >= 0.3 is 0 Å². The van der Waals surface area contributed by atoms with Crippen molar-refractivity contribution in [2.24, 2.45) is 5.73 Å². The second-order valence-electron chi connectivity index (χ2n) is 3.76. The molecule has 3 heteroatoms. The van der Waals surface area contributed by atoms with E-state index in [-0.39, 0.29) is 11.6 Å². The van der Waals surface area contributed by atoms with Gasteiger partial charge in [-0.25, -0.2) is 0 Å². The molecule has 2 heterocycles. The number of furan rings is 1. The highest BCUT2D eigenvalue weighted by atomic mass is 16.5. The first-order valence-corrected chi connectivity index (χ1v) is 4.65. The first-order chi connectivity index (χ1) is 6.22. The second kappa shape index (κ2) is 3.16. The number of nitrogens with two attached hydrogens (primary N) is 1. The third-order valence-corrected chi connectivity index (χ3v) is 2.76. The predicted octanol–water partition coefficient (Wildman–Crippen LogP) is 1.85. The molecular weight excluding hydrogens is 166 g/mol. The average molecular weight is 181 g/mol. The van der Waals surface area contributed by atoms with Gasteiger partial charge in [0.25, 0.3) is 0 Å². The van der Waals surface area contributed by atoms with E-state index in [2.05, 4.69) is 0 Å². The molecule has 0 aliphatic carbocycles. The molecule has 0 amide bonds. The van der Waals surface area contributed by atoms with Gasteiger partial charge in [-0.2, -0.15) is 0 Å². The fourth-order valence-corrected chi connectivity index (χ4v) is 1.82. The van der Waals surface area contributed by atoms with E-state index in [4.69, 9.17) is 14.9 Å². The zero-order chi connectivity index (χ0) is 9.31. The third kappa shape index (κ3) is 1.49. The molecule has 1 aliphatic heterocycles. The minimum atomic E-state index is -0.238. The summed E-state index contributed by atoms with van der Waals surface area (Å²) in [5, 5.41) is 0. The highest BCUT2D eigenvalue weighted by molar-refractivity contribution is 5.10. The molecule has 1 saturated heterocycles. The van der Waals surface area contributed by atoms with Crippen LogP contribution in [-0.2, 0) is 4.74 Å². The summed E-state index contributed by atoms with van der Waals surface area (Å²) in [6.07, 6.45) is 3.74. The lowest BCUT2D eigenvalue weighted by molar-refractivity contribution is -0.00684. The minimum Gasteiger partial charge on any atom is -0.468 e. The van der Waals surface area contributed by atoms with Crippen molar-refractivity contribution in [1.29, 1.82) is 0 Å². The molecule has 2 rings (SSSR count). The molecule has 0 radical (unpaired) electrons. The second-order valence-corrected chi connectivity index (χ2v) is 3.76. The summed E-state index contributed by atoms with van der Waals surface area (Å²) in [6.45, 7) is 2.86. The first kappa shape index (κ1) is 8.78. The standard InChI is InChI=1S/C10H15NO2/c1-10(5-3-7-13-10)9(11)8-4-2-6-12-8/h2,4,6,9H,3,5,7,11H2,1H3. The van der Waals surface area contributed by atoms with Crippen LogP contribution in [0.2, 0.25) is 0 Å². The summed E-state index contributed by atoms with van der Waals surface area (Å²) in [5.74, 6) is 0.810. The van der Waals surface area contributed by atoms with Crippen LogP contribution in [0.3, 0.4) is 0 Å². The largest absolute Gasteiger partial charge is 0.468 e. The van der Waals surface area contributed by atoms with Crippen LogP contribution in [-0.4, -0.2) is 12.2 Å². The van der Waals surface area contributed by atoms with Gasteiger partial charge in [-0.15, -0.1) is 0 Å². The Labute approximate surface area is 77.9 Å². The number of hydrogen-bond acceptors (Lipinski definition) is 3. The van der Waals surface area contributed by atoms with E-state index in [1.165, 1.54) is 0 Å². The molecule has 0 aromatic carbocycles. The Hall–Kier alpha value is -0.800. The molecular formula is C10H15NO2. The van der Waals surface area contributed by atoms with Crippen molar-refractivity contribution < 1.29 is 9.15 Å². The van der Waals surface area contributed by atoms with Crippen LogP contribution < -0.4 is 5.73 Å². The van der Waals surface area contributed by atoms with Gasteiger partial charge in [0.15, 0.2) is 0 Å². The summed E-state index contributed by atoms with van der Waals surface area (Å²) in [4.78, 5) is 0. The Balaban J connectivity index is 2.16. The molecule has 2 atom stereocenters. The smallest absolute Gasteiger partial charge is 0.123 e. The summed E-state index contributed by atoms with van der Waals surface area (Å²) in [7, 11) is 0. The van der Waals surface area contributed by atoms with E-state index in [1.54, 1.807) is 6.26 Å². The molecule has 1 aromatic rings. The fraction of sp³-hybridized carbons (Fsp3) is 0.600. The summed E-state index contributed by atoms with van der Waals surface area (Å²) >= 11 is 0. The van der Waals surface area contributed by atoms with Crippen LogP contribution in [0.1, 0.15) is 31.6 Å². The van der Waals surface area contributed by atoms with E-state index >= 15 is 0 Å². The Kier molecular flexibility index (Phi) is 2.14. The van der Waals surface area contributed by atoms with Crippen LogP contribution in [0.15, 0.2) is 22.8 Å². The van der Waals surface area contributed by atoms with Gasteiger partial charge < -0.3 is 14.9 Å². The first-order valence-electron chi connectivity index (χ1n) is 4.65. The van der Waals surface area contributed by atoms with Gasteiger partial charge in [-0.1, -0.05) is 0 Å². The Bertz CT molecular complexity index is 262. The molecule has 1 fully saturated rings. The fourth-order valence-electron chi connectivity index (χ4n) is 1.82. The van der Waals surface area contributed by atoms with Crippen LogP contribution in [0.4, 0.5) is 0 Å². The summed E-state index contributed by atoms with van der Waals surface area (Å²) in [6, 6.07) is 3.61. The van der Waals surface area contributed by atoms with Gasteiger partial charge in [0, 0.05) is 6.61 Å². The monoisotopic (exact) mass is 181 g/mol. The van der Waals surface area contributed by atoms with Crippen LogP contribution in [0, 0.1) is 0 Å². The molecule has 0 saturated carbocycles. The molecule has 1 aromatic heterocycles. The lowest BCUT2D eigenvalue weighted by atomic mass is 9.92. The number of ether oxygens (including phenoxy) is 1. The summed E-state index contributed by atoms with van der Waals surface area (Å²) < 4.78 is 10.9. The quantitative estimate of drug-likeness (QED) is 0.757. The van der Waals surface area contributed by atoms with E-state index in [9.17, 15) is 0 Å². The third-order valence-electron chi connectivity index (χ3n) is 2.76. The van der Waals surface area contributed by atoms with Crippen molar-refractivity contribution in [3.8, 4) is 0 Å². The highest BCUT2D eigenvalue weighted by Gasteiger charge is 2.38. The SMILES string of the molecule is CC1(C(N)c2ccco2)CCCO1. The zero-order valence-corrected chi connectivity index (χ0v) is 7.82. The number of hydrogen-bond donors (Lipinski definition) is 1. The topological polar surface area (TPSA) is 48.4 Å². The molecule has 3 nitrogen and oxygen atoms in total. The van der Waals surface area contributed by atoms with Crippen LogP contribution in [0.5, 0.6) is 0 Å². The molecule has 0 spiro atoms. The van der Waals surface area contributed by atoms with E-state index in [0.717, 1.165) is 25.2 Å². The maximum Gasteiger partial charge on any atom is 0.123 e. The van der Waals surface area contributed by atoms with Gasteiger partial charge in [0.2, 0.25) is 0 Å². The van der Waals surface area contributed by atoms with Crippen molar-refractivity contribution in [1.82, 2.24) is 0 Å². The lowest BCUT2D eigenvalue weighted by Gasteiger charge is -2.28. The van der Waals surface area contributed by atoms with E-state index in [1.807, 2.05) is 19.1 Å². The zero-order valence-electron chi connectivity index (χ0n) is 7.82. The van der Waals surface area contributed by atoms with Gasteiger partial charge in [0.05, 0.1) is 17.9 Å². The van der Waals surface area contributed by atoms with Crippen molar-refractivity contribution in [2.75, 3.05) is 6.61 Å². The van der Waals surface area contributed by atoms with Gasteiger partial charge in [-0.05, 0) is 31.9 Å². The average Bonchev–Trinajstić information content (AvgIpc) is 2.73. The molecule has 13 heavy (non-hydrogen) atoms. The Morgan fingerprint density at radius 1 is 1.62 bits per heavy atom. The van der Waals surface area contributed by atoms with Crippen LogP contribution in [0.25, 0.3) is 0 Å². The van der Waals surface area contributed by atoms with Crippen molar-refractivity contribution in [2.45, 2.75) is 31.4 Å². The lowest BCUT2D eigenvalue weighted by Crippen LogP contribution is -2.37. The normalized spacial score (nSPS) is 30.6. The molecule has 1 aliphatic rings. The Morgan fingerprint density at radius 3 is 3.00 bits per heavy atom. The molecule has 72 valence electrons. The maximum atomic E-state index is 6.06. The van der Waals surface area contributed by atoms with Crippen molar-refractivity contribution >= 4 is 0 Å². The van der Waals surface area contributed by atoms with Crippen molar-refractivity contribution in [3.05, 3.63) is 24.2 Å². The molecule has 2 N–H and O–H groups in total. The predicted molar refractivity (Wildman–Crippen MR) is 49.2 cm³/mol. The molecule has 0 bridgehead atoms. The van der Waals surface area contributed by atoms with Crippen LogP contribution >= 0.6 is 0 Å². The maximum absolute atomic E-state index is 6.06. The molecule has 2 unspecified atom stereocenters. The number of rotatable bonds is 2. The minimum absolute atomic E-state index is 0.148. The Morgan fingerprint density at radius 2 is 2.46 bits per heavy atom. The highest BCUT2D eigenvalue weighted by Crippen LogP contribution is 2.35. The van der Waals surface area contributed by atoms with Crippen molar-refractivity contribution in [3.63, 3.8) is 0 Å². The van der Waals surface area contributed by atoms with E-state index < -0.39 is 0 Å².